The van der Waals surface area contributed by atoms with Crippen molar-refractivity contribution in [3.8, 4) is 0 Å². The minimum Gasteiger partial charge on any atom is -0.377 e. The van der Waals surface area contributed by atoms with Gasteiger partial charge in [0, 0.05) is 56.1 Å². The minimum absolute atomic E-state index is 0.123. The van der Waals surface area contributed by atoms with Crippen molar-refractivity contribution in [1.29, 1.82) is 0 Å². The Hall–Kier alpha value is -1.79. The third kappa shape index (κ3) is 7.60. The molecule has 200 valence electrons. The Morgan fingerprint density at radius 1 is 0.971 bits per heavy atom. The lowest BCUT2D eigenvalue weighted by Gasteiger charge is -2.44. The molecule has 0 saturated heterocycles. The first-order valence-electron chi connectivity index (χ1n) is 13.0. The van der Waals surface area contributed by atoms with Crippen LogP contribution >= 0.6 is 0 Å². The van der Waals surface area contributed by atoms with Gasteiger partial charge in [-0.15, -0.1) is 0 Å². The van der Waals surface area contributed by atoms with E-state index in [1.165, 1.54) is 6.20 Å². The molecular formula is C28H45F3N2O2. The topological polar surface area (TPSA) is 40.6 Å². The first kappa shape index (κ1) is 29.4. The first-order chi connectivity index (χ1) is 15.9. The fourth-order valence-corrected chi connectivity index (χ4v) is 5.37. The number of allylic oxidation sites excluding steroid dienone is 2. The average Bonchev–Trinajstić information content (AvgIpc) is 2.69. The summed E-state index contributed by atoms with van der Waals surface area (Å²) in [5, 5.41) is 0. The summed E-state index contributed by atoms with van der Waals surface area (Å²) in [6.45, 7) is 19.1. The van der Waals surface area contributed by atoms with Gasteiger partial charge in [0.2, 0.25) is 0 Å². The Bertz CT molecular complexity index is 838. The second-order valence-corrected chi connectivity index (χ2v) is 12.5. The number of hydrogen-bond donors (Lipinski definition) is 0. The number of ketones is 2. The molecule has 0 radical (unpaired) electrons. The zero-order chi connectivity index (χ0) is 26.8. The molecule has 0 spiro atoms. The van der Waals surface area contributed by atoms with Gasteiger partial charge in [0.1, 0.15) is 0 Å². The Morgan fingerprint density at radius 3 is 2.06 bits per heavy atom. The van der Waals surface area contributed by atoms with Crippen molar-refractivity contribution in [2.24, 2.45) is 28.6 Å². The smallest absolute Gasteiger partial charge is 0.377 e. The zero-order valence-electron chi connectivity index (χ0n) is 22.9. The van der Waals surface area contributed by atoms with Crippen molar-refractivity contribution in [2.75, 3.05) is 26.2 Å². The van der Waals surface area contributed by atoms with Gasteiger partial charge in [-0.25, -0.2) is 0 Å². The second kappa shape index (κ2) is 11.1. The monoisotopic (exact) mass is 498 g/mol. The van der Waals surface area contributed by atoms with Gasteiger partial charge >= 0.3 is 6.18 Å². The van der Waals surface area contributed by atoms with Crippen molar-refractivity contribution < 1.29 is 22.8 Å². The molecule has 1 atom stereocenters. The van der Waals surface area contributed by atoms with Gasteiger partial charge in [-0.05, 0) is 47.8 Å². The van der Waals surface area contributed by atoms with Gasteiger partial charge in [0.25, 0.3) is 5.78 Å². The summed E-state index contributed by atoms with van der Waals surface area (Å²) in [5.41, 5.74) is -0.423. The van der Waals surface area contributed by atoms with Crippen LogP contribution in [0.3, 0.4) is 0 Å². The lowest BCUT2D eigenvalue weighted by molar-refractivity contribution is -0.168. The van der Waals surface area contributed by atoms with Crippen LogP contribution in [0.5, 0.6) is 0 Å². The Kier molecular flexibility index (Phi) is 9.32. The van der Waals surface area contributed by atoms with Crippen LogP contribution in [-0.2, 0) is 9.59 Å². The normalized spacial score (nSPS) is 22.4. The lowest BCUT2D eigenvalue weighted by atomic mass is 9.67. The number of hydrogen-bond acceptors (Lipinski definition) is 4. The van der Waals surface area contributed by atoms with Crippen LogP contribution in [0, 0.1) is 28.6 Å². The molecule has 4 nitrogen and oxygen atoms in total. The molecule has 2 rings (SSSR count). The van der Waals surface area contributed by atoms with E-state index in [0.717, 1.165) is 25.1 Å². The lowest BCUT2D eigenvalue weighted by Crippen LogP contribution is -2.46. The van der Waals surface area contributed by atoms with E-state index in [4.69, 9.17) is 0 Å². The summed E-state index contributed by atoms with van der Waals surface area (Å²) in [7, 11) is 0. The van der Waals surface area contributed by atoms with E-state index in [1.807, 2.05) is 24.9 Å². The van der Waals surface area contributed by atoms with Crippen molar-refractivity contribution in [1.82, 2.24) is 9.80 Å². The number of alkyl halides is 3. The Morgan fingerprint density at radius 2 is 1.51 bits per heavy atom. The molecule has 2 aliphatic heterocycles. The molecule has 0 N–H and O–H groups in total. The van der Waals surface area contributed by atoms with E-state index < -0.39 is 17.4 Å². The molecule has 0 saturated carbocycles. The maximum atomic E-state index is 13.4. The molecule has 7 heteroatoms. The van der Waals surface area contributed by atoms with Gasteiger partial charge in [-0.2, -0.15) is 13.2 Å². The Balaban J connectivity index is 2.15. The molecule has 0 aromatic heterocycles. The van der Waals surface area contributed by atoms with Crippen LogP contribution in [0.4, 0.5) is 13.2 Å². The fraction of sp³-hybridized carbons (Fsp3) is 0.786. The third-order valence-electron chi connectivity index (χ3n) is 7.50. The summed E-state index contributed by atoms with van der Waals surface area (Å²) in [6, 6.07) is 0. The fourth-order valence-electron chi connectivity index (χ4n) is 5.37. The highest BCUT2D eigenvalue weighted by Crippen LogP contribution is 2.45. The summed E-state index contributed by atoms with van der Waals surface area (Å²) < 4.78 is 40.1. The van der Waals surface area contributed by atoms with E-state index >= 15 is 0 Å². The van der Waals surface area contributed by atoms with Crippen LogP contribution in [0.1, 0.15) is 81.1 Å². The van der Waals surface area contributed by atoms with Gasteiger partial charge in [0.15, 0.2) is 5.78 Å². The molecule has 0 fully saturated rings. The predicted octanol–water partition coefficient (Wildman–Crippen LogP) is 6.63. The Labute approximate surface area is 210 Å². The number of nitrogens with zero attached hydrogens (tertiary/aromatic N) is 2. The maximum Gasteiger partial charge on any atom is 0.454 e. The quantitative estimate of drug-likeness (QED) is 0.339. The van der Waals surface area contributed by atoms with E-state index in [1.54, 1.807) is 13.8 Å². The van der Waals surface area contributed by atoms with Crippen LogP contribution < -0.4 is 0 Å². The number of Topliss-reactive ketones (excluding diaryl/α,β-unsaturated/α-hetero) is 2. The van der Waals surface area contributed by atoms with Gasteiger partial charge in [-0.1, -0.05) is 55.4 Å². The van der Waals surface area contributed by atoms with E-state index in [0.29, 0.717) is 38.3 Å². The standard InChI is InChI=1S/C28H45F3N2O2/c1-19(2)14-32-13-12-26(5,6)22(17-32)24(34)11-9-10-21-16-33(15-20(3)4)18-23(27(21,7)8)25(35)28(29,30)31/h17-21H,9-16H2,1-8H3. The number of rotatable bonds is 10. The van der Waals surface area contributed by atoms with Crippen LogP contribution in [0.15, 0.2) is 23.5 Å². The second-order valence-electron chi connectivity index (χ2n) is 12.5. The molecule has 0 bridgehead atoms. The van der Waals surface area contributed by atoms with Gasteiger partial charge < -0.3 is 9.80 Å². The summed E-state index contributed by atoms with van der Waals surface area (Å²) in [5.74, 6) is -1.01. The van der Waals surface area contributed by atoms with Crippen molar-refractivity contribution >= 4 is 11.6 Å². The zero-order valence-corrected chi connectivity index (χ0v) is 22.9. The number of carbonyl (C=O) groups is 2. The predicted molar refractivity (Wildman–Crippen MR) is 135 cm³/mol. The molecule has 35 heavy (non-hydrogen) atoms. The molecular weight excluding hydrogens is 453 g/mol. The molecule has 0 aliphatic carbocycles. The summed E-state index contributed by atoms with van der Waals surface area (Å²) in [6.07, 6.45) is 1.04. The van der Waals surface area contributed by atoms with Crippen molar-refractivity contribution in [3.63, 3.8) is 0 Å². The van der Waals surface area contributed by atoms with Crippen molar-refractivity contribution in [3.05, 3.63) is 23.5 Å². The molecule has 2 heterocycles. The molecule has 1 unspecified atom stereocenters. The molecule has 0 amide bonds. The highest BCUT2D eigenvalue weighted by molar-refractivity contribution is 6.00. The first-order valence-corrected chi connectivity index (χ1v) is 13.0. The molecule has 0 aromatic carbocycles. The highest BCUT2D eigenvalue weighted by atomic mass is 19.4. The summed E-state index contributed by atoms with van der Waals surface area (Å²) >= 11 is 0. The van der Waals surface area contributed by atoms with E-state index in [-0.39, 0.29) is 28.6 Å². The number of carbonyl (C=O) groups excluding carboxylic acids is 2. The molecule has 2 aliphatic rings. The maximum absolute atomic E-state index is 13.4. The van der Waals surface area contributed by atoms with Crippen molar-refractivity contribution in [2.45, 2.75) is 87.2 Å². The summed E-state index contributed by atoms with van der Waals surface area (Å²) in [4.78, 5) is 29.6. The SMILES string of the molecule is CC(C)CN1C=C(C(=O)CCCC2CN(CC(C)C)C=C(C(=O)C(F)(F)F)C2(C)C)C(C)(C)CC1. The van der Waals surface area contributed by atoms with Crippen LogP contribution in [0.2, 0.25) is 0 Å². The largest absolute Gasteiger partial charge is 0.454 e. The van der Waals surface area contributed by atoms with E-state index in [2.05, 4.69) is 32.6 Å². The highest BCUT2D eigenvalue weighted by Gasteiger charge is 2.49. The van der Waals surface area contributed by atoms with Gasteiger partial charge in [0.05, 0.1) is 0 Å². The number of halogens is 3. The van der Waals surface area contributed by atoms with E-state index in [9.17, 15) is 22.8 Å². The third-order valence-corrected chi connectivity index (χ3v) is 7.50. The average molecular weight is 499 g/mol. The minimum atomic E-state index is -4.90. The van der Waals surface area contributed by atoms with Crippen LogP contribution in [-0.4, -0.2) is 53.7 Å². The van der Waals surface area contributed by atoms with Crippen LogP contribution in [0.25, 0.3) is 0 Å². The van der Waals surface area contributed by atoms with Gasteiger partial charge in [-0.3, -0.25) is 9.59 Å². The molecule has 0 aromatic rings.